The number of nitrogens with zero attached hydrogens (tertiary/aromatic N) is 7. The lowest BCUT2D eigenvalue weighted by molar-refractivity contribution is 0.0160. The van der Waals surface area contributed by atoms with Crippen LogP contribution in [-0.2, 0) is 4.74 Å². The summed E-state index contributed by atoms with van der Waals surface area (Å²) in [7, 11) is 0. The first kappa shape index (κ1) is 21.0. The van der Waals surface area contributed by atoms with Gasteiger partial charge in [-0.05, 0) is 52.0 Å². The standard InChI is InChI=1S/C24H26N8O/c1-5-33-16(4)32-13-20(12-27-32)18-8-19(11-25-10-18)23-21-9-17(6-7-22(21)28-29-23)24-30-26-14-31(24)15(2)3/h6-16H,5H2,1-4H3,(H,28,29). The molecule has 4 aromatic heterocycles. The summed E-state index contributed by atoms with van der Waals surface area (Å²) in [5.74, 6) is 0.835. The summed E-state index contributed by atoms with van der Waals surface area (Å²) in [5.41, 5.74) is 5.65. The average molecular weight is 443 g/mol. The van der Waals surface area contributed by atoms with Crippen molar-refractivity contribution in [2.24, 2.45) is 0 Å². The molecule has 5 rings (SSSR count). The van der Waals surface area contributed by atoms with Gasteiger partial charge in [0.15, 0.2) is 5.82 Å². The van der Waals surface area contributed by atoms with Crippen molar-refractivity contribution >= 4 is 10.9 Å². The van der Waals surface area contributed by atoms with Gasteiger partial charge >= 0.3 is 0 Å². The van der Waals surface area contributed by atoms with Crippen molar-refractivity contribution in [3.8, 4) is 33.8 Å². The number of aromatic nitrogens is 8. The second kappa shape index (κ2) is 8.59. The minimum Gasteiger partial charge on any atom is -0.357 e. The molecular weight excluding hydrogens is 416 g/mol. The molecule has 0 amide bonds. The fourth-order valence-electron chi connectivity index (χ4n) is 3.93. The highest BCUT2D eigenvalue weighted by Crippen LogP contribution is 2.32. The number of benzene rings is 1. The van der Waals surface area contributed by atoms with Crippen LogP contribution in [0.5, 0.6) is 0 Å². The zero-order chi connectivity index (χ0) is 22.9. The molecule has 0 spiro atoms. The molecule has 168 valence electrons. The Morgan fingerprint density at radius 1 is 1.00 bits per heavy atom. The van der Waals surface area contributed by atoms with E-state index in [2.05, 4.69) is 61.0 Å². The van der Waals surface area contributed by atoms with Crippen LogP contribution in [0.4, 0.5) is 0 Å². The van der Waals surface area contributed by atoms with E-state index < -0.39 is 0 Å². The minimum absolute atomic E-state index is 0.124. The van der Waals surface area contributed by atoms with Gasteiger partial charge in [-0.2, -0.15) is 10.2 Å². The monoisotopic (exact) mass is 442 g/mol. The topological polar surface area (TPSA) is 99.3 Å². The molecule has 0 saturated carbocycles. The van der Waals surface area contributed by atoms with Crippen LogP contribution in [0.1, 0.15) is 40.0 Å². The lowest BCUT2D eigenvalue weighted by Gasteiger charge is -2.11. The van der Waals surface area contributed by atoms with Crippen LogP contribution in [0.2, 0.25) is 0 Å². The predicted molar refractivity (Wildman–Crippen MR) is 126 cm³/mol. The first-order valence-electron chi connectivity index (χ1n) is 11.0. The highest BCUT2D eigenvalue weighted by Gasteiger charge is 2.15. The summed E-state index contributed by atoms with van der Waals surface area (Å²) in [6, 6.07) is 8.51. The normalized spacial score (nSPS) is 12.6. The van der Waals surface area contributed by atoms with E-state index in [1.807, 2.05) is 55.4 Å². The van der Waals surface area contributed by atoms with Crippen LogP contribution >= 0.6 is 0 Å². The third kappa shape index (κ3) is 3.91. The Morgan fingerprint density at radius 2 is 1.85 bits per heavy atom. The van der Waals surface area contributed by atoms with Crippen LogP contribution in [0, 0.1) is 0 Å². The van der Waals surface area contributed by atoms with Gasteiger partial charge in [0, 0.05) is 58.9 Å². The number of nitrogens with one attached hydrogen (secondary N) is 1. The molecule has 9 nitrogen and oxygen atoms in total. The van der Waals surface area contributed by atoms with Gasteiger partial charge in [0.05, 0.1) is 11.7 Å². The molecule has 1 atom stereocenters. The Bertz CT molecular complexity index is 1400. The summed E-state index contributed by atoms with van der Waals surface area (Å²) in [6.07, 6.45) is 9.11. The van der Waals surface area contributed by atoms with Crippen LogP contribution in [0.3, 0.4) is 0 Å². The van der Waals surface area contributed by atoms with Crippen LogP contribution in [0.25, 0.3) is 44.7 Å². The van der Waals surface area contributed by atoms with Crippen molar-refractivity contribution in [3.63, 3.8) is 0 Å². The maximum Gasteiger partial charge on any atom is 0.164 e. The summed E-state index contributed by atoms with van der Waals surface area (Å²) in [4.78, 5) is 4.48. The van der Waals surface area contributed by atoms with Gasteiger partial charge in [0.1, 0.15) is 18.2 Å². The second-order valence-electron chi connectivity index (χ2n) is 8.21. The SMILES string of the molecule is CCOC(C)n1cc(-c2cncc(-c3n[nH]c4ccc(-c5nncn5C(C)C)cc34)c2)cn1. The minimum atomic E-state index is -0.124. The van der Waals surface area contributed by atoms with Crippen molar-refractivity contribution in [2.45, 2.75) is 40.0 Å². The van der Waals surface area contributed by atoms with Crippen LogP contribution in [0.15, 0.2) is 55.4 Å². The molecule has 0 aliphatic heterocycles. The van der Waals surface area contributed by atoms with Crippen molar-refractivity contribution in [2.75, 3.05) is 6.61 Å². The molecule has 1 unspecified atom stereocenters. The third-order valence-corrected chi connectivity index (χ3v) is 5.68. The van der Waals surface area contributed by atoms with E-state index in [1.165, 1.54) is 0 Å². The first-order chi connectivity index (χ1) is 16.0. The third-order valence-electron chi connectivity index (χ3n) is 5.68. The van der Waals surface area contributed by atoms with Crippen molar-refractivity contribution in [3.05, 3.63) is 55.4 Å². The van der Waals surface area contributed by atoms with E-state index in [9.17, 15) is 0 Å². The average Bonchev–Trinajstić information content (AvgIpc) is 3.58. The number of H-pyrrole nitrogens is 1. The molecule has 0 bridgehead atoms. The summed E-state index contributed by atoms with van der Waals surface area (Å²) >= 11 is 0. The molecule has 5 aromatic rings. The van der Waals surface area contributed by atoms with E-state index in [1.54, 1.807) is 6.33 Å². The quantitative estimate of drug-likeness (QED) is 0.385. The van der Waals surface area contributed by atoms with E-state index in [0.29, 0.717) is 6.61 Å². The second-order valence-corrected chi connectivity index (χ2v) is 8.21. The Kier molecular flexibility index (Phi) is 5.47. The van der Waals surface area contributed by atoms with Gasteiger partial charge in [0.2, 0.25) is 0 Å². The largest absolute Gasteiger partial charge is 0.357 e. The Hall–Kier alpha value is -3.85. The predicted octanol–water partition coefficient (Wildman–Crippen LogP) is 4.88. The number of aromatic amines is 1. The van der Waals surface area contributed by atoms with Gasteiger partial charge in [0.25, 0.3) is 0 Å². The van der Waals surface area contributed by atoms with E-state index >= 15 is 0 Å². The van der Waals surface area contributed by atoms with Crippen molar-refractivity contribution < 1.29 is 4.74 Å². The fraction of sp³-hybridized carbons (Fsp3) is 0.292. The van der Waals surface area contributed by atoms with Crippen molar-refractivity contribution in [1.29, 1.82) is 0 Å². The Balaban J connectivity index is 1.53. The van der Waals surface area contributed by atoms with Gasteiger partial charge < -0.3 is 9.30 Å². The molecular formula is C24H26N8O. The fourth-order valence-corrected chi connectivity index (χ4v) is 3.93. The maximum absolute atomic E-state index is 5.63. The van der Waals surface area contributed by atoms with Crippen molar-refractivity contribution in [1.82, 2.24) is 39.7 Å². The number of pyridine rings is 1. The number of hydrogen-bond acceptors (Lipinski definition) is 6. The van der Waals surface area contributed by atoms with E-state index in [0.717, 1.165) is 44.7 Å². The summed E-state index contributed by atoms with van der Waals surface area (Å²) < 4.78 is 9.50. The lowest BCUT2D eigenvalue weighted by atomic mass is 10.0. The highest BCUT2D eigenvalue weighted by molar-refractivity contribution is 5.95. The molecule has 0 fully saturated rings. The van der Waals surface area contributed by atoms with Gasteiger partial charge in [-0.3, -0.25) is 10.1 Å². The van der Waals surface area contributed by atoms with Crippen LogP contribution in [-0.4, -0.2) is 46.3 Å². The lowest BCUT2D eigenvalue weighted by Crippen LogP contribution is -2.09. The van der Waals surface area contributed by atoms with Gasteiger partial charge in [-0.25, -0.2) is 4.68 Å². The molecule has 0 saturated heterocycles. The molecule has 0 aliphatic carbocycles. The smallest absolute Gasteiger partial charge is 0.164 e. The molecule has 1 aromatic carbocycles. The zero-order valence-corrected chi connectivity index (χ0v) is 19.1. The summed E-state index contributed by atoms with van der Waals surface area (Å²) in [6.45, 7) is 8.81. The Morgan fingerprint density at radius 3 is 2.67 bits per heavy atom. The molecule has 0 radical (unpaired) electrons. The summed E-state index contributed by atoms with van der Waals surface area (Å²) in [5, 5.41) is 21.6. The Labute approximate surface area is 191 Å². The molecule has 4 heterocycles. The maximum atomic E-state index is 5.63. The van der Waals surface area contributed by atoms with E-state index in [-0.39, 0.29) is 12.3 Å². The number of fused-ring (bicyclic) bond motifs is 1. The van der Waals surface area contributed by atoms with Gasteiger partial charge in [-0.15, -0.1) is 10.2 Å². The first-order valence-corrected chi connectivity index (χ1v) is 11.0. The zero-order valence-electron chi connectivity index (χ0n) is 19.1. The molecule has 33 heavy (non-hydrogen) atoms. The number of rotatable bonds is 7. The van der Waals surface area contributed by atoms with Gasteiger partial charge in [-0.1, -0.05) is 0 Å². The number of ether oxygens (including phenoxy) is 1. The molecule has 1 N–H and O–H groups in total. The van der Waals surface area contributed by atoms with E-state index in [4.69, 9.17) is 4.74 Å². The molecule has 9 heteroatoms. The number of hydrogen-bond donors (Lipinski definition) is 1. The highest BCUT2D eigenvalue weighted by atomic mass is 16.5. The van der Waals surface area contributed by atoms with Crippen LogP contribution < -0.4 is 0 Å². The molecule has 0 aliphatic rings.